The normalized spacial score (nSPS) is 33.2. The van der Waals surface area contributed by atoms with E-state index in [0.717, 1.165) is 19.6 Å². The Kier molecular flexibility index (Phi) is 4.16. The van der Waals surface area contributed by atoms with E-state index in [-0.39, 0.29) is 6.61 Å². The Balaban J connectivity index is 2.58. The molecule has 2 atom stereocenters. The predicted molar refractivity (Wildman–Crippen MR) is 54.8 cm³/mol. The van der Waals surface area contributed by atoms with Crippen molar-refractivity contribution in [1.29, 1.82) is 0 Å². The molecule has 1 heterocycles. The van der Waals surface area contributed by atoms with E-state index in [1.165, 1.54) is 6.42 Å². The van der Waals surface area contributed by atoms with E-state index in [0.29, 0.717) is 12.1 Å². The molecule has 1 aliphatic rings. The SMILES string of the molecule is CCN1CC(CO)N(C)CCC1C. The molecule has 0 aromatic heterocycles. The van der Waals surface area contributed by atoms with Crippen LogP contribution in [0.2, 0.25) is 0 Å². The average molecular weight is 186 g/mol. The Morgan fingerprint density at radius 2 is 2.15 bits per heavy atom. The summed E-state index contributed by atoms with van der Waals surface area (Å²) in [4.78, 5) is 4.72. The van der Waals surface area contributed by atoms with Crippen LogP contribution in [0, 0.1) is 0 Å². The van der Waals surface area contributed by atoms with Gasteiger partial charge in [-0.25, -0.2) is 0 Å². The molecular weight excluding hydrogens is 164 g/mol. The fourth-order valence-electron chi connectivity index (χ4n) is 1.98. The molecule has 1 N–H and O–H groups in total. The Bertz CT molecular complexity index is 136. The summed E-state index contributed by atoms with van der Waals surface area (Å²) in [5.41, 5.74) is 0. The van der Waals surface area contributed by atoms with Crippen molar-refractivity contribution in [1.82, 2.24) is 9.80 Å². The van der Waals surface area contributed by atoms with Crippen molar-refractivity contribution in [2.45, 2.75) is 32.4 Å². The monoisotopic (exact) mass is 186 g/mol. The zero-order valence-corrected chi connectivity index (χ0v) is 9.03. The van der Waals surface area contributed by atoms with E-state index in [9.17, 15) is 5.11 Å². The number of rotatable bonds is 2. The summed E-state index contributed by atoms with van der Waals surface area (Å²) in [7, 11) is 2.10. The lowest BCUT2D eigenvalue weighted by atomic mass is 10.2. The molecule has 1 rings (SSSR count). The Morgan fingerprint density at radius 3 is 2.69 bits per heavy atom. The molecule has 78 valence electrons. The summed E-state index contributed by atoms with van der Waals surface area (Å²) in [6.07, 6.45) is 1.21. The van der Waals surface area contributed by atoms with Crippen LogP contribution in [-0.4, -0.2) is 60.3 Å². The van der Waals surface area contributed by atoms with E-state index in [2.05, 4.69) is 30.7 Å². The molecule has 0 saturated carbocycles. The highest BCUT2D eigenvalue weighted by Crippen LogP contribution is 2.13. The molecule has 2 unspecified atom stereocenters. The summed E-state index contributed by atoms with van der Waals surface area (Å²) in [6, 6.07) is 0.980. The molecule has 3 nitrogen and oxygen atoms in total. The highest BCUT2D eigenvalue weighted by molar-refractivity contribution is 4.80. The summed E-state index contributed by atoms with van der Waals surface area (Å²) in [6.45, 7) is 7.94. The molecule has 0 aliphatic carbocycles. The van der Waals surface area contributed by atoms with Crippen molar-refractivity contribution in [2.24, 2.45) is 0 Å². The maximum Gasteiger partial charge on any atom is 0.0599 e. The highest BCUT2D eigenvalue weighted by atomic mass is 16.3. The van der Waals surface area contributed by atoms with Crippen LogP contribution in [0.15, 0.2) is 0 Å². The summed E-state index contributed by atoms with van der Waals surface area (Å²) < 4.78 is 0. The number of hydrogen-bond acceptors (Lipinski definition) is 3. The maximum absolute atomic E-state index is 9.22. The summed E-state index contributed by atoms with van der Waals surface area (Å²) >= 11 is 0. The summed E-state index contributed by atoms with van der Waals surface area (Å²) in [5, 5.41) is 9.22. The van der Waals surface area contributed by atoms with Crippen LogP contribution in [0.1, 0.15) is 20.3 Å². The first-order chi connectivity index (χ1) is 6.19. The van der Waals surface area contributed by atoms with Gasteiger partial charge in [0, 0.05) is 18.6 Å². The Labute approximate surface area is 81.3 Å². The Morgan fingerprint density at radius 1 is 1.46 bits per heavy atom. The van der Waals surface area contributed by atoms with Crippen molar-refractivity contribution in [3.63, 3.8) is 0 Å². The molecule has 0 spiro atoms. The predicted octanol–water partition coefficient (Wildman–Crippen LogP) is 0.393. The minimum atomic E-state index is 0.278. The number of hydrogen-bond donors (Lipinski definition) is 1. The lowest BCUT2D eigenvalue weighted by molar-refractivity contribution is 0.126. The Hall–Kier alpha value is -0.120. The van der Waals surface area contributed by atoms with Crippen molar-refractivity contribution in [3.8, 4) is 0 Å². The van der Waals surface area contributed by atoms with Crippen LogP contribution in [0.3, 0.4) is 0 Å². The van der Waals surface area contributed by atoms with Crippen LogP contribution in [-0.2, 0) is 0 Å². The molecule has 0 aromatic rings. The minimum Gasteiger partial charge on any atom is -0.395 e. The van der Waals surface area contributed by atoms with Crippen LogP contribution >= 0.6 is 0 Å². The topological polar surface area (TPSA) is 26.7 Å². The van der Waals surface area contributed by atoms with Gasteiger partial charge in [-0.3, -0.25) is 9.80 Å². The van der Waals surface area contributed by atoms with E-state index in [4.69, 9.17) is 0 Å². The molecule has 0 aromatic carbocycles. The fraction of sp³-hybridized carbons (Fsp3) is 1.00. The van der Waals surface area contributed by atoms with Gasteiger partial charge in [0.2, 0.25) is 0 Å². The van der Waals surface area contributed by atoms with Crippen LogP contribution in [0.4, 0.5) is 0 Å². The molecule has 3 heteroatoms. The smallest absolute Gasteiger partial charge is 0.0599 e. The number of nitrogens with zero attached hydrogens (tertiary/aromatic N) is 2. The van der Waals surface area contributed by atoms with Crippen LogP contribution < -0.4 is 0 Å². The van der Waals surface area contributed by atoms with Gasteiger partial charge < -0.3 is 5.11 Å². The quantitative estimate of drug-likeness (QED) is 0.676. The molecular formula is C10H22N2O. The van der Waals surface area contributed by atoms with Gasteiger partial charge in [0.05, 0.1) is 6.61 Å². The van der Waals surface area contributed by atoms with Crippen molar-refractivity contribution < 1.29 is 5.11 Å². The van der Waals surface area contributed by atoms with Gasteiger partial charge in [-0.05, 0) is 33.5 Å². The number of likely N-dealkylation sites (N-methyl/N-ethyl adjacent to an activating group) is 2. The highest BCUT2D eigenvalue weighted by Gasteiger charge is 2.24. The molecule has 1 saturated heterocycles. The van der Waals surface area contributed by atoms with E-state index in [1.807, 2.05) is 0 Å². The molecule has 1 fully saturated rings. The first-order valence-corrected chi connectivity index (χ1v) is 5.24. The second-order valence-electron chi connectivity index (χ2n) is 4.04. The van der Waals surface area contributed by atoms with Gasteiger partial charge >= 0.3 is 0 Å². The van der Waals surface area contributed by atoms with Gasteiger partial charge in [-0.15, -0.1) is 0 Å². The van der Waals surface area contributed by atoms with Crippen molar-refractivity contribution >= 4 is 0 Å². The largest absolute Gasteiger partial charge is 0.395 e. The molecule has 0 radical (unpaired) electrons. The number of aliphatic hydroxyl groups is 1. The summed E-state index contributed by atoms with van der Waals surface area (Å²) in [5.74, 6) is 0. The van der Waals surface area contributed by atoms with Gasteiger partial charge in [-0.1, -0.05) is 6.92 Å². The fourth-order valence-corrected chi connectivity index (χ4v) is 1.98. The first kappa shape index (κ1) is 11.0. The molecule has 1 aliphatic heterocycles. The van der Waals surface area contributed by atoms with Gasteiger partial charge in [0.25, 0.3) is 0 Å². The van der Waals surface area contributed by atoms with Gasteiger partial charge in [-0.2, -0.15) is 0 Å². The van der Waals surface area contributed by atoms with Gasteiger partial charge in [0.1, 0.15) is 0 Å². The number of aliphatic hydroxyl groups excluding tert-OH is 1. The van der Waals surface area contributed by atoms with E-state index < -0.39 is 0 Å². The molecule has 13 heavy (non-hydrogen) atoms. The molecule has 0 amide bonds. The average Bonchev–Trinajstić information content (AvgIpc) is 2.27. The first-order valence-electron chi connectivity index (χ1n) is 5.24. The third-order valence-electron chi connectivity index (χ3n) is 3.21. The standard InChI is InChI=1S/C10H22N2O/c1-4-12-7-10(8-13)11(3)6-5-9(12)2/h9-10,13H,4-8H2,1-3H3. The molecule has 0 bridgehead atoms. The van der Waals surface area contributed by atoms with Crippen LogP contribution in [0.25, 0.3) is 0 Å². The zero-order valence-electron chi connectivity index (χ0n) is 9.03. The lowest BCUT2D eigenvalue weighted by Gasteiger charge is -2.28. The van der Waals surface area contributed by atoms with Gasteiger partial charge in [0.15, 0.2) is 0 Å². The van der Waals surface area contributed by atoms with Crippen molar-refractivity contribution in [2.75, 3.05) is 33.3 Å². The van der Waals surface area contributed by atoms with Crippen molar-refractivity contribution in [3.05, 3.63) is 0 Å². The van der Waals surface area contributed by atoms with Crippen LogP contribution in [0.5, 0.6) is 0 Å². The third-order valence-corrected chi connectivity index (χ3v) is 3.21. The van der Waals surface area contributed by atoms with E-state index >= 15 is 0 Å². The third kappa shape index (κ3) is 2.66. The lowest BCUT2D eigenvalue weighted by Crippen LogP contribution is -2.42. The maximum atomic E-state index is 9.22. The van der Waals surface area contributed by atoms with E-state index in [1.54, 1.807) is 0 Å². The second kappa shape index (κ2) is 4.94. The zero-order chi connectivity index (χ0) is 9.84. The minimum absolute atomic E-state index is 0.278. The second-order valence-corrected chi connectivity index (χ2v) is 4.04.